The Labute approximate surface area is 172 Å². The second-order valence-corrected chi connectivity index (χ2v) is 8.86. The van der Waals surface area contributed by atoms with Crippen molar-refractivity contribution in [1.29, 1.82) is 0 Å². The van der Waals surface area contributed by atoms with E-state index in [-0.39, 0.29) is 42.5 Å². The van der Waals surface area contributed by atoms with Crippen LogP contribution in [0, 0.1) is 5.41 Å². The monoisotopic (exact) mass is 376 g/mol. The molecule has 0 spiro atoms. The molecule has 5 nitrogen and oxygen atoms in total. The van der Waals surface area contributed by atoms with E-state index < -0.39 is 16.5 Å². The first-order chi connectivity index (χ1) is 11.3. The second kappa shape index (κ2) is 6.89. The van der Waals surface area contributed by atoms with Gasteiger partial charge in [0, 0.05) is 11.8 Å². The minimum atomic E-state index is -4.40. The first-order valence-electron chi connectivity index (χ1n) is 8.75. The molecule has 3 aliphatic rings. The van der Waals surface area contributed by atoms with Crippen molar-refractivity contribution in [2.45, 2.75) is 70.0 Å². The summed E-state index contributed by atoms with van der Waals surface area (Å²) in [6, 6.07) is 4.26. The van der Waals surface area contributed by atoms with Gasteiger partial charge in [-0.1, -0.05) is 19.1 Å². The van der Waals surface area contributed by atoms with E-state index in [1.54, 1.807) is 0 Å². The fraction of sp³-hybridized carbons (Fsp3) is 0.667. The smallest absolute Gasteiger partial charge is 1.00 e. The SMILES string of the molecule is C[C@]12CCc3c(ccc4c3CC[C@H](OS(=O)(=O)O)C4)C1CC[C@@H]2O.[H-].[Na+]. The number of fused-ring (bicyclic) bond motifs is 5. The maximum absolute atomic E-state index is 10.9. The minimum Gasteiger partial charge on any atom is -1.00 e. The summed E-state index contributed by atoms with van der Waals surface area (Å²) >= 11 is 0. The van der Waals surface area contributed by atoms with Gasteiger partial charge in [0.15, 0.2) is 0 Å². The van der Waals surface area contributed by atoms with Gasteiger partial charge in [0.2, 0.25) is 0 Å². The second-order valence-electron chi connectivity index (χ2n) is 7.81. The van der Waals surface area contributed by atoms with E-state index in [4.69, 9.17) is 8.74 Å². The molecule has 3 aliphatic carbocycles. The third-order valence-electron chi connectivity index (χ3n) is 6.56. The van der Waals surface area contributed by atoms with Crippen molar-refractivity contribution in [2.24, 2.45) is 5.41 Å². The summed E-state index contributed by atoms with van der Waals surface area (Å²) in [4.78, 5) is 0. The van der Waals surface area contributed by atoms with E-state index in [1.165, 1.54) is 16.7 Å². The maximum atomic E-state index is 10.9. The van der Waals surface area contributed by atoms with Crippen LogP contribution >= 0.6 is 0 Å². The summed E-state index contributed by atoms with van der Waals surface area (Å²) in [5, 5.41) is 10.4. The van der Waals surface area contributed by atoms with Crippen LogP contribution in [0.15, 0.2) is 12.1 Å². The van der Waals surface area contributed by atoms with Crippen molar-refractivity contribution in [3.63, 3.8) is 0 Å². The van der Waals surface area contributed by atoms with Gasteiger partial charge in [-0.3, -0.25) is 4.55 Å². The zero-order chi connectivity index (χ0) is 17.1. The molecule has 1 fully saturated rings. The topological polar surface area (TPSA) is 83.8 Å². The van der Waals surface area contributed by atoms with Crippen LogP contribution in [0.2, 0.25) is 0 Å². The Morgan fingerprint density at radius 2 is 1.96 bits per heavy atom. The molecular formula is C18H25NaO5S. The Balaban J connectivity index is 0.00000121. The zero-order valence-corrected chi connectivity index (χ0v) is 17.7. The average molecular weight is 376 g/mol. The van der Waals surface area contributed by atoms with Gasteiger partial charge in [-0.15, -0.1) is 0 Å². The van der Waals surface area contributed by atoms with Gasteiger partial charge < -0.3 is 6.53 Å². The number of rotatable bonds is 2. The number of aliphatic hydroxyl groups is 1. The molecule has 1 aromatic carbocycles. The summed E-state index contributed by atoms with van der Waals surface area (Å²) in [6.07, 6.45) is 5.12. The molecule has 0 amide bonds. The number of aliphatic hydroxyl groups excluding tert-OH is 1. The number of hydrogen-bond acceptors (Lipinski definition) is 4. The quantitative estimate of drug-likeness (QED) is 0.546. The van der Waals surface area contributed by atoms with Gasteiger partial charge in [-0.25, -0.2) is 4.18 Å². The van der Waals surface area contributed by atoms with Gasteiger partial charge in [0.25, 0.3) is 0 Å². The summed E-state index contributed by atoms with van der Waals surface area (Å²) in [5.41, 5.74) is 5.26. The summed E-state index contributed by atoms with van der Waals surface area (Å²) in [6.45, 7) is 2.22. The Morgan fingerprint density at radius 3 is 2.68 bits per heavy atom. The predicted octanol–water partition coefficient (Wildman–Crippen LogP) is -0.329. The Hall–Kier alpha value is 0.0500. The van der Waals surface area contributed by atoms with Crippen LogP contribution in [0.25, 0.3) is 0 Å². The van der Waals surface area contributed by atoms with Crippen LogP contribution in [-0.4, -0.2) is 30.3 Å². The predicted molar refractivity (Wildman–Crippen MR) is 90.4 cm³/mol. The normalized spacial score (nSPS) is 33.8. The fourth-order valence-electron chi connectivity index (χ4n) is 5.25. The molecule has 0 heterocycles. The van der Waals surface area contributed by atoms with Crippen molar-refractivity contribution in [3.05, 3.63) is 34.4 Å². The van der Waals surface area contributed by atoms with Gasteiger partial charge in [0.05, 0.1) is 12.2 Å². The molecular weight excluding hydrogens is 351 g/mol. The van der Waals surface area contributed by atoms with Crippen LogP contribution in [0.3, 0.4) is 0 Å². The summed E-state index contributed by atoms with van der Waals surface area (Å²) in [5.74, 6) is 0.424. The third kappa shape index (κ3) is 3.47. The molecule has 7 heteroatoms. The van der Waals surface area contributed by atoms with E-state index in [0.717, 1.165) is 37.7 Å². The molecule has 25 heavy (non-hydrogen) atoms. The number of hydrogen-bond donors (Lipinski definition) is 2. The van der Waals surface area contributed by atoms with Crippen LogP contribution in [0.1, 0.15) is 62.2 Å². The molecule has 1 aromatic rings. The molecule has 2 N–H and O–H groups in total. The zero-order valence-electron chi connectivity index (χ0n) is 15.9. The maximum Gasteiger partial charge on any atom is 1.00 e. The van der Waals surface area contributed by atoms with Crippen molar-refractivity contribution < 1.29 is 53.2 Å². The van der Waals surface area contributed by atoms with E-state index in [2.05, 4.69) is 19.1 Å². The first kappa shape index (κ1) is 19.8. The average Bonchev–Trinajstić information content (AvgIpc) is 2.81. The molecule has 1 saturated carbocycles. The van der Waals surface area contributed by atoms with Gasteiger partial charge in [-0.05, 0) is 66.7 Å². The van der Waals surface area contributed by atoms with E-state index in [0.29, 0.717) is 18.8 Å². The van der Waals surface area contributed by atoms with Crippen molar-refractivity contribution in [1.82, 2.24) is 0 Å². The molecule has 134 valence electrons. The fourth-order valence-corrected chi connectivity index (χ4v) is 5.76. The van der Waals surface area contributed by atoms with E-state index >= 15 is 0 Å². The third-order valence-corrected chi connectivity index (χ3v) is 7.08. The van der Waals surface area contributed by atoms with Crippen molar-refractivity contribution in [2.75, 3.05) is 0 Å². The van der Waals surface area contributed by atoms with Gasteiger partial charge in [0.1, 0.15) is 0 Å². The first-order valence-corrected chi connectivity index (χ1v) is 10.1. The van der Waals surface area contributed by atoms with Crippen molar-refractivity contribution in [3.8, 4) is 0 Å². The van der Waals surface area contributed by atoms with E-state index in [9.17, 15) is 13.5 Å². The van der Waals surface area contributed by atoms with Crippen LogP contribution < -0.4 is 29.6 Å². The van der Waals surface area contributed by atoms with Gasteiger partial charge >= 0.3 is 40.0 Å². The largest absolute Gasteiger partial charge is 1.00 e. The standard InChI is InChI=1S/C18H24O5S.Na.H/c1-18-9-8-14-13-5-3-12(23-24(20,21)22)10-11(13)2-4-15(14)16(18)6-7-17(18)19;;/h2,4,12,16-17,19H,3,5-10H2,1H3,(H,20,21,22);;/q;+1;-1/t12-,16?,17-,18-;;/m0../s1. The number of benzene rings is 1. The Bertz CT molecular complexity index is 784. The Kier molecular flexibility index (Phi) is 5.46. The minimum absolute atomic E-state index is 0. The molecule has 1 unspecified atom stereocenters. The molecule has 0 aromatic heterocycles. The van der Waals surface area contributed by atoms with Crippen LogP contribution in [-0.2, 0) is 33.8 Å². The Morgan fingerprint density at radius 1 is 1.20 bits per heavy atom. The summed E-state index contributed by atoms with van der Waals surface area (Å²) < 4.78 is 35.6. The molecule has 0 aliphatic heterocycles. The molecule has 4 rings (SSSR count). The van der Waals surface area contributed by atoms with Crippen LogP contribution in [0.4, 0.5) is 0 Å². The summed E-state index contributed by atoms with van der Waals surface area (Å²) in [7, 11) is -4.40. The molecule has 0 bridgehead atoms. The van der Waals surface area contributed by atoms with E-state index in [1.807, 2.05) is 0 Å². The molecule has 4 atom stereocenters. The molecule has 0 saturated heterocycles. The molecule has 0 radical (unpaired) electrons. The van der Waals surface area contributed by atoms with Gasteiger partial charge in [-0.2, -0.15) is 8.42 Å². The van der Waals surface area contributed by atoms with Crippen LogP contribution in [0.5, 0.6) is 0 Å². The van der Waals surface area contributed by atoms with Crippen molar-refractivity contribution >= 4 is 10.4 Å².